The second-order valence-electron chi connectivity index (χ2n) is 6.18. The van der Waals surface area contributed by atoms with E-state index in [-0.39, 0.29) is 0 Å². The average molecular weight is 416 g/mol. The van der Waals surface area contributed by atoms with E-state index < -0.39 is 5.97 Å². The van der Waals surface area contributed by atoms with Crippen LogP contribution in [-0.4, -0.2) is 21.0 Å². The molecule has 4 aromatic rings. The van der Waals surface area contributed by atoms with Gasteiger partial charge in [0.1, 0.15) is 0 Å². The number of hydrogen-bond acceptors (Lipinski definition) is 5. The number of aromatic carboxylic acids is 1. The largest absolute Gasteiger partial charge is 0.478 e. The first kappa shape index (κ1) is 21.1. The molecule has 0 radical (unpaired) electrons. The molecule has 5 nitrogen and oxygen atoms in total. The normalized spacial score (nSPS) is 9.87. The van der Waals surface area contributed by atoms with Crippen LogP contribution in [0.15, 0.2) is 109 Å². The fourth-order valence-corrected chi connectivity index (χ4v) is 3.22. The van der Waals surface area contributed by atoms with Crippen LogP contribution >= 0.6 is 11.8 Å². The number of hydrogen-bond donors (Lipinski definition) is 2. The molecule has 3 aromatic carbocycles. The van der Waals surface area contributed by atoms with E-state index in [0.29, 0.717) is 5.56 Å². The molecule has 30 heavy (non-hydrogen) atoms. The van der Waals surface area contributed by atoms with E-state index >= 15 is 0 Å². The van der Waals surface area contributed by atoms with E-state index in [1.165, 1.54) is 11.8 Å². The number of rotatable bonds is 6. The van der Waals surface area contributed by atoms with Crippen molar-refractivity contribution in [2.24, 2.45) is 0 Å². The lowest BCUT2D eigenvalue weighted by atomic mass is 10.1. The van der Waals surface area contributed by atoms with Crippen LogP contribution in [0.1, 0.15) is 15.9 Å². The maximum atomic E-state index is 10.7. The number of anilines is 2. The molecule has 1 heterocycles. The number of carboxylic acids is 1. The third-order valence-corrected chi connectivity index (χ3v) is 4.89. The highest BCUT2D eigenvalue weighted by Crippen LogP contribution is 2.18. The number of nitrogens with zero attached hydrogens (tertiary/aromatic N) is 2. The first-order valence-corrected chi connectivity index (χ1v) is 10.3. The predicted molar refractivity (Wildman–Crippen MR) is 121 cm³/mol. The zero-order valence-corrected chi connectivity index (χ0v) is 17.0. The standard InChI is InChI=1S/C12H10N2O2S.C12H11N/c15-11(16)10-4-2-9(3-5-10)8-17-12-13-6-1-7-14-12;1-3-7-11(8-4-1)13-12-9-5-2-6-10-12/h1-7H,8H2,(H,15,16);1-10,13H. The number of para-hydroxylation sites is 2. The van der Waals surface area contributed by atoms with Gasteiger partial charge >= 0.3 is 5.97 Å². The molecule has 0 saturated heterocycles. The fraction of sp³-hybridized carbons (Fsp3) is 0.0417. The molecule has 0 spiro atoms. The Hall–Kier alpha value is -3.64. The summed E-state index contributed by atoms with van der Waals surface area (Å²) in [6.45, 7) is 0. The highest BCUT2D eigenvalue weighted by Gasteiger charge is 2.02. The monoisotopic (exact) mass is 415 g/mol. The predicted octanol–water partition coefficient (Wildman–Crippen LogP) is 5.90. The maximum Gasteiger partial charge on any atom is 0.335 e. The molecule has 0 aliphatic heterocycles. The van der Waals surface area contributed by atoms with Gasteiger partial charge in [-0.15, -0.1) is 0 Å². The lowest BCUT2D eigenvalue weighted by Crippen LogP contribution is -1.95. The highest BCUT2D eigenvalue weighted by atomic mass is 32.2. The van der Waals surface area contributed by atoms with Crippen molar-refractivity contribution in [1.29, 1.82) is 0 Å². The molecule has 4 rings (SSSR count). The summed E-state index contributed by atoms with van der Waals surface area (Å²) in [6.07, 6.45) is 3.39. The molecular weight excluding hydrogens is 394 g/mol. The maximum absolute atomic E-state index is 10.7. The molecular formula is C24H21N3O2S. The summed E-state index contributed by atoms with van der Waals surface area (Å²) in [7, 11) is 0. The molecule has 150 valence electrons. The van der Waals surface area contributed by atoms with Gasteiger partial charge in [0.05, 0.1) is 5.56 Å². The van der Waals surface area contributed by atoms with Crippen molar-refractivity contribution in [2.45, 2.75) is 10.9 Å². The van der Waals surface area contributed by atoms with Gasteiger partial charge in [0, 0.05) is 29.5 Å². The van der Waals surface area contributed by atoms with Crippen molar-refractivity contribution in [3.8, 4) is 0 Å². The van der Waals surface area contributed by atoms with Crippen molar-refractivity contribution in [3.63, 3.8) is 0 Å². The molecule has 0 fully saturated rings. The average Bonchev–Trinajstić information content (AvgIpc) is 2.80. The van der Waals surface area contributed by atoms with Gasteiger partial charge in [0.15, 0.2) is 5.16 Å². The van der Waals surface area contributed by atoms with E-state index in [2.05, 4.69) is 15.3 Å². The van der Waals surface area contributed by atoms with Crippen molar-refractivity contribution in [3.05, 3.63) is 115 Å². The summed E-state index contributed by atoms with van der Waals surface area (Å²) < 4.78 is 0. The van der Waals surface area contributed by atoms with Gasteiger partial charge in [-0.25, -0.2) is 14.8 Å². The van der Waals surface area contributed by atoms with E-state index in [4.69, 9.17) is 5.11 Å². The number of benzene rings is 3. The van der Waals surface area contributed by atoms with Gasteiger partial charge in [0.2, 0.25) is 0 Å². The Morgan fingerprint density at radius 2 is 1.30 bits per heavy atom. The third-order valence-electron chi connectivity index (χ3n) is 3.95. The molecule has 0 aliphatic rings. The molecule has 0 unspecified atom stereocenters. The molecule has 0 amide bonds. The Bertz CT molecular complexity index is 991. The molecule has 0 aliphatic carbocycles. The summed E-state index contributed by atoms with van der Waals surface area (Å²) in [5.74, 6) is -0.181. The first-order chi connectivity index (χ1) is 14.7. The van der Waals surface area contributed by atoms with Gasteiger partial charge < -0.3 is 10.4 Å². The smallest absolute Gasteiger partial charge is 0.335 e. The minimum absolute atomic E-state index is 0.301. The lowest BCUT2D eigenvalue weighted by Gasteiger charge is -2.04. The van der Waals surface area contributed by atoms with Crippen LogP contribution in [0.5, 0.6) is 0 Å². The number of carboxylic acid groups (broad SMARTS) is 1. The molecule has 1 aromatic heterocycles. The van der Waals surface area contributed by atoms with E-state index in [9.17, 15) is 4.79 Å². The van der Waals surface area contributed by atoms with E-state index in [1.807, 2.05) is 60.7 Å². The lowest BCUT2D eigenvalue weighted by molar-refractivity contribution is 0.0697. The van der Waals surface area contributed by atoms with Crippen LogP contribution in [0.4, 0.5) is 11.4 Å². The molecule has 0 saturated carbocycles. The molecule has 0 bridgehead atoms. The van der Waals surface area contributed by atoms with Crippen LogP contribution in [-0.2, 0) is 5.75 Å². The summed E-state index contributed by atoms with van der Waals surface area (Å²) in [5.41, 5.74) is 3.59. The van der Waals surface area contributed by atoms with Crippen LogP contribution in [0, 0.1) is 0 Å². The van der Waals surface area contributed by atoms with Gasteiger partial charge in [-0.05, 0) is 48.0 Å². The van der Waals surface area contributed by atoms with Crippen molar-refractivity contribution >= 4 is 29.1 Å². The number of carbonyl (C=O) groups is 1. The van der Waals surface area contributed by atoms with Crippen molar-refractivity contribution < 1.29 is 9.90 Å². The van der Waals surface area contributed by atoms with Gasteiger partial charge in [0.25, 0.3) is 0 Å². The summed E-state index contributed by atoms with van der Waals surface area (Å²) in [5, 5.41) is 12.8. The van der Waals surface area contributed by atoms with Crippen molar-refractivity contribution in [1.82, 2.24) is 9.97 Å². The quantitative estimate of drug-likeness (QED) is 0.302. The van der Waals surface area contributed by atoms with Crippen LogP contribution in [0.3, 0.4) is 0 Å². The Balaban J connectivity index is 0.000000177. The number of nitrogens with one attached hydrogen (secondary N) is 1. The van der Waals surface area contributed by atoms with Crippen LogP contribution < -0.4 is 5.32 Å². The zero-order valence-electron chi connectivity index (χ0n) is 16.2. The van der Waals surface area contributed by atoms with Gasteiger partial charge in [-0.2, -0.15) is 0 Å². The summed E-state index contributed by atoms with van der Waals surface area (Å²) in [6, 6.07) is 28.9. The number of aromatic nitrogens is 2. The minimum atomic E-state index is -0.907. The van der Waals surface area contributed by atoms with E-state index in [1.54, 1.807) is 42.7 Å². The Morgan fingerprint density at radius 1 is 0.767 bits per heavy atom. The topological polar surface area (TPSA) is 75.1 Å². The third kappa shape index (κ3) is 7.07. The highest BCUT2D eigenvalue weighted by molar-refractivity contribution is 7.98. The van der Waals surface area contributed by atoms with Gasteiger partial charge in [-0.1, -0.05) is 60.3 Å². The zero-order chi connectivity index (χ0) is 21.0. The molecule has 0 atom stereocenters. The van der Waals surface area contributed by atoms with E-state index in [0.717, 1.165) is 27.8 Å². The first-order valence-electron chi connectivity index (χ1n) is 9.30. The number of thioether (sulfide) groups is 1. The van der Waals surface area contributed by atoms with Crippen LogP contribution in [0.2, 0.25) is 0 Å². The fourth-order valence-electron chi connectivity index (χ4n) is 2.46. The minimum Gasteiger partial charge on any atom is -0.478 e. The van der Waals surface area contributed by atoms with Crippen LogP contribution in [0.25, 0.3) is 0 Å². The summed E-state index contributed by atoms with van der Waals surface area (Å²) in [4.78, 5) is 18.9. The Morgan fingerprint density at radius 3 is 1.80 bits per heavy atom. The molecule has 2 N–H and O–H groups in total. The second kappa shape index (κ2) is 11.4. The second-order valence-corrected chi connectivity index (χ2v) is 7.12. The summed E-state index contributed by atoms with van der Waals surface area (Å²) >= 11 is 1.52. The Labute approximate surface area is 179 Å². The Kier molecular flexibility index (Phi) is 8.00. The van der Waals surface area contributed by atoms with Gasteiger partial charge in [-0.3, -0.25) is 0 Å². The SMILES string of the molecule is O=C(O)c1ccc(CSc2ncccn2)cc1.c1ccc(Nc2ccccc2)cc1. The van der Waals surface area contributed by atoms with Crippen molar-refractivity contribution in [2.75, 3.05) is 5.32 Å². The molecule has 6 heteroatoms.